The van der Waals surface area contributed by atoms with E-state index < -0.39 is 0 Å². The highest BCUT2D eigenvalue weighted by molar-refractivity contribution is 5.95. The van der Waals surface area contributed by atoms with E-state index in [9.17, 15) is 4.79 Å². The maximum Gasteiger partial charge on any atom is 0.248 e. The van der Waals surface area contributed by atoms with E-state index in [0.29, 0.717) is 11.5 Å². The highest BCUT2D eigenvalue weighted by Gasteiger charge is 2.22. The summed E-state index contributed by atoms with van der Waals surface area (Å²) in [5.41, 5.74) is 11.8. The molecule has 1 fully saturated rings. The molecule has 5 rings (SSSR count). The highest BCUT2D eigenvalue weighted by Crippen LogP contribution is 2.37. The predicted molar refractivity (Wildman–Crippen MR) is 114 cm³/mol. The number of nitrogens with two attached hydrogens (primary N) is 1. The van der Waals surface area contributed by atoms with Gasteiger partial charge < -0.3 is 5.73 Å². The first-order chi connectivity index (χ1) is 14.2. The number of hydrogen-bond donors (Lipinski definition) is 1. The fraction of sp³-hybridized carbons (Fsp3) is 0.208. The number of fused-ring (bicyclic) bond motifs is 1. The molecule has 2 heterocycles. The Kier molecular flexibility index (Phi) is 4.35. The van der Waals surface area contributed by atoms with E-state index in [-0.39, 0.29) is 5.91 Å². The molecule has 4 aromatic rings. The fourth-order valence-electron chi connectivity index (χ4n) is 4.35. The number of carbonyl (C=O) groups is 1. The summed E-state index contributed by atoms with van der Waals surface area (Å²) in [5.74, 6) is 0.0345. The smallest absolute Gasteiger partial charge is 0.248 e. The Morgan fingerprint density at radius 3 is 2.59 bits per heavy atom. The minimum absolute atomic E-state index is 0.359. The molecular formula is C24H22N4O. The number of nitrogens with zero attached hydrogens (tertiary/aromatic N) is 3. The summed E-state index contributed by atoms with van der Waals surface area (Å²) in [6, 6.07) is 17.9. The molecule has 2 aromatic carbocycles. The summed E-state index contributed by atoms with van der Waals surface area (Å²) in [6.07, 6.45) is 8.40. The van der Waals surface area contributed by atoms with E-state index in [1.54, 1.807) is 0 Å². The molecule has 144 valence electrons. The minimum Gasteiger partial charge on any atom is -0.366 e. The molecule has 0 saturated heterocycles. The van der Waals surface area contributed by atoms with Crippen LogP contribution in [0.5, 0.6) is 0 Å². The van der Waals surface area contributed by atoms with Crippen LogP contribution in [0.3, 0.4) is 0 Å². The van der Waals surface area contributed by atoms with E-state index in [1.165, 1.54) is 12.8 Å². The molecule has 0 bridgehead atoms. The summed E-state index contributed by atoms with van der Waals surface area (Å²) in [4.78, 5) is 21.5. The zero-order valence-corrected chi connectivity index (χ0v) is 16.1. The van der Waals surface area contributed by atoms with Crippen molar-refractivity contribution < 1.29 is 4.79 Å². The first-order valence-corrected chi connectivity index (χ1v) is 10.0. The van der Waals surface area contributed by atoms with Crippen molar-refractivity contribution in [2.75, 3.05) is 0 Å². The van der Waals surface area contributed by atoms with Crippen molar-refractivity contribution in [3.05, 3.63) is 78.1 Å². The fourth-order valence-corrected chi connectivity index (χ4v) is 4.35. The van der Waals surface area contributed by atoms with Gasteiger partial charge in [0, 0.05) is 23.0 Å². The van der Waals surface area contributed by atoms with Crippen molar-refractivity contribution in [2.45, 2.75) is 31.6 Å². The summed E-state index contributed by atoms with van der Waals surface area (Å²) >= 11 is 0. The van der Waals surface area contributed by atoms with Crippen molar-refractivity contribution in [1.29, 1.82) is 0 Å². The molecule has 2 aromatic heterocycles. The van der Waals surface area contributed by atoms with Gasteiger partial charge in [0.1, 0.15) is 5.52 Å². The van der Waals surface area contributed by atoms with E-state index in [2.05, 4.69) is 11.1 Å². The lowest BCUT2D eigenvalue weighted by Gasteiger charge is -2.16. The number of primary amides is 1. The molecule has 0 radical (unpaired) electrons. The van der Waals surface area contributed by atoms with Gasteiger partial charge in [-0.1, -0.05) is 43.2 Å². The Morgan fingerprint density at radius 2 is 1.83 bits per heavy atom. The second-order valence-electron chi connectivity index (χ2n) is 7.63. The maximum absolute atomic E-state index is 12.0. The number of aromatic nitrogens is 3. The molecule has 1 aliphatic carbocycles. The van der Waals surface area contributed by atoms with Crippen molar-refractivity contribution in [3.63, 3.8) is 0 Å². The molecule has 0 spiro atoms. The Balaban J connectivity index is 1.63. The number of hydrogen-bond acceptors (Lipinski definition) is 3. The molecule has 2 N–H and O–H groups in total. The normalized spacial score (nSPS) is 14.5. The summed E-state index contributed by atoms with van der Waals surface area (Å²) < 4.78 is 2.04. The SMILES string of the molecule is NC(=O)c1ccc(-n2ccc3ncc(-c4ccccc4)nc32)cc1C1CCCC1. The van der Waals surface area contributed by atoms with Crippen molar-refractivity contribution in [3.8, 4) is 16.9 Å². The Labute approximate surface area is 169 Å². The number of benzene rings is 2. The Bertz CT molecular complexity index is 1190. The van der Waals surface area contributed by atoms with Crippen LogP contribution in [0.2, 0.25) is 0 Å². The van der Waals surface area contributed by atoms with E-state index in [1.807, 2.05) is 65.5 Å². The second kappa shape index (κ2) is 7.17. The lowest BCUT2D eigenvalue weighted by molar-refractivity contribution is 0.0999. The first kappa shape index (κ1) is 17.6. The van der Waals surface area contributed by atoms with Crippen LogP contribution in [0.4, 0.5) is 0 Å². The van der Waals surface area contributed by atoms with Crippen LogP contribution < -0.4 is 5.73 Å². The van der Waals surface area contributed by atoms with Crippen LogP contribution in [-0.2, 0) is 0 Å². The van der Waals surface area contributed by atoms with E-state index in [4.69, 9.17) is 10.7 Å². The largest absolute Gasteiger partial charge is 0.366 e. The Hall–Kier alpha value is -3.47. The third kappa shape index (κ3) is 3.18. The monoisotopic (exact) mass is 382 g/mol. The molecular weight excluding hydrogens is 360 g/mol. The first-order valence-electron chi connectivity index (χ1n) is 10.0. The third-order valence-corrected chi connectivity index (χ3v) is 5.83. The zero-order valence-electron chi connectivity index (χ0n) is 16.1. The zero-order chi connectivity index (χ0) is 19.8. The molecule has 1 amide bonds. The van der Waals surface area contributed by atoms with Crippen LogP contribution in [0.25, 0.3) is 28.1 Å². The van der Waals surface area contributed by atoms with E-state index >= 15 is 0 Å². The van der Waals surface area contributed by atoms with Gasteiger partial charge in [0.2, 0.25) is 5.91 Å². The van der Waals surface area contributed by atoms with Crippen molar-refractivity contribution >= 4 is 17.1 Å². The van der Waals surface area contributed by atoms with Crippen LogP contribution in [0, 0.1) is 0 Å². The average molecular weight is 382 g/mol. The summed E-state index contributed by atoms with van der Waals surface area (Å²) in [6.45, 7) is 0. The molecule has 0 aliphatic heterocycles. The van der Waals surface area contributed by atoms with Crippen molar-refractivity contribution in [1.82, 2.24) is 14.5 Å². The molecule has 29 heavy (non-hydrogen) atoms. The van der Waals surface area contributed by atoms with Crippen LogP contribution in [0.1, 0.15) is 47.5 Å². The molecule has 0 atom stereocenters. The highest BCUT2D eigenvalue weighted by atomic mass is 16.1. The van der Waals surface area contributed by atoms with Gasteiger partial charge in [-0.25, -0.2) is 4.98 Å². The van der Waals surface area contributed by atoms with Gasteiger partial charge in [0.15, 0.2) is 5.65 Å². The molecule has 1 saturated carbocycles. The maximum atomic E-state index is 12.0. The Morgan fingerprint density at radius 1 is 1.03 bits per heavy atom. The number of amides is 1. The second-order valence-corrected chi connectivity index (χ2v) is 7.63. The average Bonchev–Trinajstić information content (AvgIpc) is 3.43. The number of rotatable bonds is 4. The van der Waals surface area contributed by atoms with Gasteiger partial charge in [-0.05, 0) is 48.6 Å². The summed E-state index contributed by atoms with van der Waals surface area (Å²) in [5, 5.41) is 0. The summed E-state index contributed by atoms with van der Waals surface area (Å²) in [7, 11) is 0. The standard InChI is InChI=1S/C24H22N4O/c25-23(29)19-11-10-18(14-20(19)16-6-4-5-7-16)28-13-12-21-24(28)27-22(15-26-21)17-8-2-1-3-9-17/h1-3,8-16H,4-7H2,(H2,25,29). The minimum atomic E-state index is -0.359. The molecule has 5 nitrogen and oxygen atoms in total. The quantitative estimate of drug-likeness (QED) is 0.549. The topological polar surface area (TPSA) is 73.8 Å². The van der Waals surface area contributed by atoms with Crippen LogP contribution >= 0.6 is 0 Å². The van der Waals surface area contributed by atoms with Crippen LogP contribution in [0.15, 0.2) is 67.0 Å². The van der Waals surface area contributed by atoms with Gasteiger partial charge in [-0.15, -0.1) is 0 Å². The van der Waals surface area contributed by atoms with Crippen molar-refractivity contribution in [2.24, 2.45) is 5.73 Å². The third-order valence-electron chi connectivity index (χ3n) is 5.83. The molecule has 0 unspecified atom stereocenters. The van der Waals surface area contributed by atoms with Crippen LogP contribution in [-0.4, -0.2) is 20.4 Å². The van der Waals surface area contributed by atoms with Gasteiger partial charge in [-0.3, -0.25) is 14.3 Å². The number of carbonyl (C=O) groups excluding carboxylic acids is 1. The van der Waals surface area contributed by atoms with Gasteiger partial charge in [-0.2, -0.15) is 0 Å². The van der Waals surface area contributed by atoms with Gasteiger partial charge >= 0.3 is 0 Å². The van der Waals surface area contributed by atoms with Gasteiger partial charge in [0.05, 0.1) is 11.9 Å². The molecule has 5 heteroatoms. The van der Waals surface area contributed by atoms with E-state index in [0.717, 1.165) is 46.5 Å². The van der Waals surface area contributed by atoms with Gasteiger partial charge in [0.25, 0.3) is 0 Å². The lowest BCUT2D eigenvalue weighted by atomic mass is 9.92. The molecule has 1 aliphatic rings. The predicted octanol–water partition coefficient (Wildman–Crippen LogP) is 4.84. The lowest BCUT2D eigenvalue weighted by Crippen LogP contribution is -2.15.